The molecule has 0 fully saturated rings. The molecule has 3 nitrogen and oxygen atoms in total. The smallest absolute Gasteiger partial charge is 0.238 e. The van der Waals surface area contributed by atoms with Crippen molar-refractivity contribution in [3.8, 4) is 0 Å². The van der Waals surface area contributed by atoms with Gasteiger partial charge in [0, 0.05) is 0 Å². The molecule has 0 aliphatic carbocycles. The number of nitrogens with one attached hydrogen (secondary N) is 1. The molecule has 18 heavy (non-hydrogen) atoms. The maximum absolute atomic E-state index is 13.3. The van der Waals surface area contributed by atoms with Crippen LogP contribution in [0.2, 0.25) is 0 Å². The van der Waals surface area contributed by atoms with Crippen molar-refractivity contribution >= 4 is 11.6 Å². The molecule has 0 heterocycles. The van der Waals surface area contributed by atoms with Crippen molar-refractivity contribution in [2.24, 2.45) is 0 Å². The van der Waals surface area contributed by atoms with Crippen LogP contribution in [-0.4, -0.2) is 30.4 Å². The number of benzene rings is 1. The topological polar surface area (TPSA) is 32.3 Å². The summed E-state index contributed by atoms with van der Waals surface area (Å²) in [7, 11) is 0. The first-order valence-electron chi connectivity index (χ1n) is 5.65. The van der Waals surface area contributed by atoms with Crippen LogP contribution in [0.3, 0.4) is 0 Å². The monoisotopic (exact) mass is 260 g/mol. The zero-order valence-corrected chi connectivity index (χ0v) is 10.3. The molecule has 1 N–H and O–H groups in total. The summed E-state index contributed by atoms with van der Waals surface area (Å²) in [5.41, 5.74) is -0.356. The second-order valence-corrected chi connectivity index (χ2v) is 3.73. The number of nitrogens with zero attached hydrogens (tertiary/aromatic N) is 1. The van der Waals surface area contributed by atoms with Crippen molar-refractivity contribution in [3.05, 3.63) is 29.6 Å². The van der Waals surface area contributed by atoms with Crippen LogP contribution in [0.5, 0.6) is 0 Å². The Morgan fingerprint density at radius 2 is 1.78 bits per heavy atom. The van der Waals surface area contributed by atoms with Gasteiger partial charge < -0.3 is 5.32 Å². The van der Waals surface area contributed by atoms with Crippen molar-refractivity contribution in [1.82, 2.24) is 4.90 Å². The van der Waals surface area contributed by atoms with Crippen molar-refractivity contribution in [2.75, 3.05) is 25.0 Å². The standard InChI is InChI=1S/C12H15F3N2O/c1-3-17(4-2)7-10(18)16-9-6-5-8(13)11(14)12(9)15/h5-6H,3-4,7H2,1-2H3,(H,16,18). The molecule has 1 aromatic rings. The zero-order chi connectivity index (χ0) is 13.7. The van der Waals surface area contributed by atoms with E-state index in [1.165, 1.54) is 0 Å². The molecular weight excluding hydrogens is 245 g/mol. The van der Waals surface area contributed by atoms with E-state index in [4.69, 9.17) is 0 Å². The highest BCUT2D eigenvalue weighted by Gasteiger charge is 2.15. The maximum atomic E-state index is 13.3. The Kier molecular flexibility index (Phi) is 5.15. The number of anilines is 1. The second kappa shape index (κ2) is 6.39. The minimum absolute atomic E-state index is 0.0748. The summed E-state index contributed by atoms with van der Waals surface area (Å²) in [6, 6.07) is 1.76. The Hall–Kier alpha value is -1.56. The minimum Gasteiger partial charge on any atom is -0.322 e. The molecule has 1 aromatic carbocycles. The predicted octanol–water partition coefficient (Wildman–Crippen LogP) is 2.38. The van der Waals surface area contributed by atoms with E-state index >= 15 is 0 Å². The Balaban J connectivity index is 2.73. The van der Waals surface area contributed by atoms with Gasteiger partial charge in [-0.3, -0.25) is 9.69 Å². The van der Waals surface area contributed by atoms with Crippen molar-refractivity contribution in [3.63, 3.8) is 0 Å². The summed E-state index contributed by atoms with van der Waals surface area (Å²) in [4.78, 5) is 13.4. The quantitative estimate of drug-likeness (QED) is 0.824. The molecule has 100 valence electrons. The van der Waals surface area contributed by atoms with E-state index in [0.29, 0.717) is 13.1 Å². The molecule has 0 aliphatic heterocycles. The molecule has 0 bridgehead atoms. The zero-order valence-electron chi connectivity index (χ0n) is 10.3. The largest absolute Gasteiger partial charge is 0.322 e. The normalized spacial score (nSPS) is 10.8. The van der Waals surface area contributed by atoms with Gasteiger partial charge in [0.15, 0.2) is 17.5 Å². The van der Waals surface area contributed by atoms with E-state index in [-0.39, 0.29) is 12.2 Å². The first kappa shape index (κ1) is 14.5. The molecule has 6 heteroatoms. The number of likely N-dealkylation sites (N-methyl/N-ethyl adjacent to an activating group) is 1. The lowest BCUT2D eigenvalue weighted by molar-refractivity contribution is -0.117. The van der Waals surface area contributed by atoms with Crippen LogP contribution in [0.4, 0.5) is 18.9 Å². The van der Waals surface area contributed by atoms with E-state index in [1.807, 2.05) is 18.7 Å². The molecule has 0 spiro atoms. The number of carbonyl (C=O) groups excluding carboxylic acids is 1. The highest BCUT2D eigenvalue weighted by Crippen LogP contribution is 2.19. The van der Waals surface area contributed by atoms with Crippen LogP contribution in [-0.2, 0) is 4.79 Å². The number of hydrogen-bond donors (Lipinski definition) is 1. The van der Waals surface area contributed by atoms with E-state index < -0.39 is 23.4 Å². The molecule has 0 saturated carbocycles. The maximum Gasteiger partial charge on any atom is 0.238 e. The van der Waals surface area contributed by atoms with Crippen LogP contribution >= 0.6 is 0 Å². The first-order valence-corrected chi connectivity index (χ1v) is 5.65. The van der Waals surface area contributed by atoms with E-state index in [2.05, 4.69) is 5.32 Å². The first-order chi connectivity index (χ1) is 8.49. The minimum atomic E-state index is -1.59. The van der Waals surface area contributed by atoms with Crippen LogP contribution in [0.1, 0.15) is 13.8 Å². The summed E-state index contributed by atoms with van der Waals surface area (Å²) >= 11 is 0. The van der Waals surface area contributed by atoms with Gasteiger partial charge in [-0.2, -0.15) is 0 Å². The summed E-state index contributed by atoms with van der Waals surface area (Å²) in [5, 5.41) is 2.22. The van der Waals surface area contributed by atoms with Crippen LogP contribution in [0, 0.1) is 17.5 Å². The SMILES string of the molecule is CCN(CC)CC(=O)Nc1ccc(F)c(F)c1F. The highest BCUT2D eigenvalue weighted by atomic mass is 19.2. The van der Waals surface area contributed by atoms with Gasteiger partial charge in [0.1, 0.15) is 0 Å². The van der Waals surface area contributed by atoms with Crippen molar-refractivity contribution in [1.29, 1.82) is 0 Å². The molecule has 1 rings (SSSR count). The predicted molar refractivity (Wildman–Crippen MR) is 62.7 cm³/mol. The van der Waals surface area contributed by atoms with Gasteiger partial charge in [-0.15, -0.1) is 0 Å². The second-order valence-electron chi connectivity index (χ2n) is 3.73. The molecule has 0 radical (unpaired) electrons. The van der Waals surface area contributed by atoms with Gasteiger partial charge in [-0.25, -0.2) is 13.2 Å². The van der Waals surface area contributed by atoms with Crippen LogP contribution < -0.4 is 5.32 Å². The Morgan fingerprint density at radius 3 is 2.33 bits per heavy atom. The number of halogens is 3. The summed E-state index contributed by atoms with van der Waals surface area (Å²) in [5.74, 6) is -4.73. The fourth-order valence-electron chi connectivity index (χ4n) is 1.46. The van der Waals surface area contributed by atoms with Gasteiger partial charge in [-0.05, 0) is 25.2 Å². The third-order valence-electron chi connectivity index (χ3n) is 2.57. The fourth-order valence-corrected chi connectivity index (χ4v) is 1.46. The highest BCUT2D eigenvalue weighted by molar-refractivity contribution is 5.92. The average Bonchev–Trinajstić information content (AvgIpc) is 2.36. The van der Waals surface area contributed by atoms with Crippen LogP contribution in [0.25, 0.3) is 0 Å². The Labute approximate surface area is 104 Å². The summed E-state index contributed by atoms with van der Waals surface area (Å²) in [6.07, 6.45) is 0. The molecule has 0 atom stereocenters. The lowest BCUT2D eigenvalue weighted by Crippen LogP contribution is -2.33. The Bertz CT molecular complexity index is 434. The van der Waals surface area contributed by atoms with Crippen molar-refractivity contribution in [2.45, 2.75) is 13.8 Å². The van der Waals surface area contributed by atoms with Gasteiger partial charge in [0.05, 0.1) is 12.2 Å². The molecule has 1 amide bonds. The summed E-state index contributed by atoms with van der Waals surface area (Å²) in [6.45, 7) is 5.18. The van der Waals surface area contributed by atoms with E-state index in [1.54, 1.807) is 0 Å². The molecule has 0 aliphatic rings. The van der Waals surface area contributed by atoms with Gasteiger partial charge >= 0.3 is 0 Å². The lowest BCUT2D eigenvalue weighted by atomic mass is 10.2. The third kappa shape index (κ3) is 3.46. The fraction of sp³-hybridized carbons (Fsp3) is 0.417. The Morgan fingerprint density at radius 1 is 1.17 bits per heavy atom. The van der Waals surface area contributed by atoms with Crippen LogP contribution in [0.15, 0.2) is 12.1 Å². The van der Waals surface area contributed by atoms with Gasteiger partial charge in [0.25, 0.3) is 0 Å². The molecule has 0 aromatic heterocycles. The van der Waals surface area contributed by atoms with E-state index in [9.17, 15) is 18.0 Å². The molecule has 0 saturated heterocycles. The number of hydrogen-bond acceptors (Lipinski definition) is 2. The lowest BCUT2D eigenvalue weighted by Gasteiger charge is -2.17. The van der Waals surface area contributed by atoms with Gasteiger partial charge in [0.2, 0.25) is 5.91 Å². The number of rotatable bonds is 5. The average molecular weight is 260 g/mol. The molecule has 0 unspecified atom stereocenters. The van der Waals surface area contributed by atoms with Gasteiger partial charge in [-0.1, -0.05) is 13.8 Å². The van der Waals surface area contributed by atoms with E-state index in [0.717, 1.165) is 12.1 Å². The number of carbonyl (C=O) groups is 1. The molecular formula is C12H15F3N2O. The summed E-state index contributed by atoms with van der Waals surface area (Å²) < 4.78 is 38.9. The third-order valence-corrected chi connectivity index (χ3v) is 2.57. The number of amides is 1. The van der Waals surface area contributed by atoms with Crippen molar-refractivity contribution < 1.29 is 18.0 Å².